The van der Waals surface area contributed by atoms with Gasteiger partial charge >= 0.3 is 0 Å². The molecule has 1 aromatic rings. The Labute approximate surface area is 130 Å². The second-order valence-electron chi connectivity index (χ2n) is 5.52. The Hall–Kier alpha value is -1.36. The molecule has 2 atom stereocenters. The fraction of sp³-hybridized carbons (Fsp3) is 0.562. The lowest BCUT2D eigenvalue weighted by Gasteiger charge is -2.22. The zero-order valence-electron chi connectivity index (χ0n) is 12.4. The van der Waals surface area contributed by atoms with Gasteiger partial charge in [-0.2, -0.15) is 11.8 Å². The van der Waals surface area contributed by atoms with E-state index in [4.69, 9.17) is 4.74 Å². The van der Waals surface area contributed by atoms with Crippen LogP contribution < -0.4 is 15.4 Å². The van der Waals surface area contributed by atoms with Gasteiger partial charge in [-0.3, -0.25) is 4.79 Å². The summed E-state index contributed by atoms with van der Waals surface area (Å²) in [4.78, 5) is 12.5. The second-order valence-corrected chi connectivity index (χ2v) is 7.10. The number of carbonyl (C=O) groups is 1. The Kier molecular flexibility index (Phi) is 4.58. The summed E-state index contributed by atoms with van der Waals surface area (Å²) < 4.78 is 5.67. The van der Waals surface area contributed by atoms with E-state index in [2.05, 4.69) is 17.6 Å². The smallest absolute Gasteiger partial charge is 0.255 e. The molecule has 2 aliphatic rings. The topological polar surface area (TPSA) is 50.4 Å². The van der Waals surface area contributed by atoms with Crippen molar-refractivity contribution in [2.24, 2.45) is 0 Å². The molecule has 0 aromatic heterocycles. The zero-order chi connectivity index (χ0) is 14.7. The van der Waals surface area contributed by atoms with E-state index in [0.29, 0.717) is 29.2 Å². The van der Waals surface area contributed by atoms with Gasteiger partial charge in [0.1, 0.15) is 6.61 Å². The van der Waals surface area contributed by atoms with E-state index in [9.17, 15) is 4.79 Å². The third kappa shape index (κ3) is 3.28. The van der Waals surface area contributed by atoms with E-state index in [1.54, 1.807) is 0 Å². The van der Waals surface area contributed by atoms with Crippen LogP contribution in [0.4, 0.5) is 5.69 Å². The normalized spacial score (nSPS) is 23.9. The lowest BCUT2D eigenvalue weighted by Crippen LogP contribution is -2.34. The number of hydrogen-bond donors (Lipinski definition) is 2. The minimum Gasteiger partial charge on any atom is -0.489 e. The van der Waals surface area contributed by atoms with Gasteiger partial charge in [0.25, 0.3) is 5.91 Å². The first kappa shape index (κ1) is 14.6. The number of ether oxygens (including phenoxy) is 1. The fourth-order valence-corrected chi connectivity index (χ4v) is 4.21. The van der Waals surface area contributed by atoms with Gasteiger partial charge in [-0.15, -0.1) is 0 Å². The predicted octanol–water partition coefficient (Wildman–Crippen LogP) is 2.89. The summed E-state index contributed by atoms with van der Waals surface area (Å²) in [6.07, 6.45) is 3.37. The van der Waals surface area contributed by atoms with Gasteiger partial charge in [-0.1, -0.05) is 13.0 Å². The maximum Gasteiger partial charge on any atom is 0.255 e. The molecule has 114 valence electrons. The number of amides is 1. The predicted molar refractivity (Wildman–Crippen MR) is 87.5 cm³/mol. The average molecular weight is 306 g/mol. The number of fused-ring (bicyclic) bond motifs is 1. The molecule has 1 aliphatic carbocycles. The molecule has 5 heteroatoms. The van der Waals surface area contributed by atoms with Gasteiger partial charge in [0, 0.05) is 17.8 Å². The summed E-state index contributed by atoms with van der Waals surface area (Å²) in [5, 5.41) is 7.14. The number of anilines is 1. The number of thioether (sulfide) groups is 1. The van der Waals surface area contributed by atoms with Crippen molar-refractivity contribution in [2.75, 3.05) is 24.2 Å². The van der Waals surface area contributed by atoms with Crippen molar-refractivity contribution in [1.29, 1.82) is 0 Å². The summed E-state index contributed by atoms with van der Waals surface area (Å²) >= 11 is 2.00. The summed E-state index contributed by atoms with van der Waals surface area (Å²) in [6, 6.07) is 6.00. The van der Waals surface area contributed by atoms with Crippen LogP contribution >= 0.6 is 11.8 Å². The highest BCUT2D eigenvalue weighted by molar-refractivity contribution is 7.99. The van der Waals surface area contributed by atoms with E-state index < -0.39 is 0 Å². The van der Waals surface area contributed by atoms with Crippen molar-refractivity contribution in [1.82, 2.24) is 5.32 Å². The van der Waals surface area contributed by atoms with Gasteiger partial charge in [0.2, 0.25) is 0 Å². The molecule has 1 amide bonds. The fourth-order valence-electron chi connectivity index (χ4n) is 3.07. The zero-order valence-corrected chi connectivity index (χ0v) is 13.2. The average Bonchev–Trinajstić information content (AvgIpc) is 2.94. The first-order chi connectivity index (χ1) is 10.3. The van der Waals surface area contributed by atoms with Crippen LogP contribution in [0, 0.1) is 0 Å². The monoisotopic (exact) mass is 306 g/mol. The highest BCUT2D eigenvalue weighted by Gasteiger charge is 2.27. The molecule has 4 nitrogen and oxygen atoms in total. The van der Waals surface area contributed by atoms with Crippen molar-refractivity contribution in [3.05, 3.63) is 23.8 Å². The van der Waals surface area contributed by atoms with Crippen LogP contribution in [-0.2, 0) is 0 Å². The quantitative estimate of drug-likeness (QED) is 0.898. The summed E-state index contributed by atoms with van der Waals surface area (Å²) in [5.74, 6) is 1.83. The van der Waals surface area contributed by atoms with Crippen LogP contribution in [-0.4, -0.2) is 36.1 Å². The SMILES string of the molecule is CCSC1CCC(NC(=O)c2cccc3c2OCCN3)C1. The summed E-state index contributed by atoms with van der Waals surface area (Å²) in [5.41, 5.74) is 1.56. The molecule has 0 spiro atoms. The number of benzene rings is 1. The number of carbonyl (C=O) groups excluding carboxylic acids is 1. The van der Waals surface area contributed by atoms with Crippen LogP contribution in [0.25, 0.3) is 0 Å². The van der Waals surface area contributed by atoms with Gasteiger partial charge < -0.3 is 15.4 Å². The van der Waals surface area contributed by atoms with Crippen molar-refractivity contribution < 1.29 is 9.53 Å². The van der Waals surface area contributed by atoms with Gasteiger partial charge in [0.15, 0.2) is 5.75 Å². The number of para-hydroxylation sites is 1. The van der Waals surface area contributed by atoms with Crippen LogP contribution in [0.3, 0.4) is 0 Å². The first-order valence-corrected chi connectivity index (χ1v) is 8.75. The van der Waals surface area contributed by atoms with E-state index in [-0.39, 0.29) is 5.91 Å². The van der Waals surface area contributed by atoms with Crippen LogP contribution in [0.1, 0.15) is 36.5 Å². The Morgan fingerprint density at radius 1 is 1.48 bits per heavy atom. The molecule has 0 radical (unpaired) electrons. The summed E-state index contributed by atoms with van der Waals surface area (Å²) in [7, 11) is 0. The number of nitrogens with one attached hydrogen (secondary N) is 2. The molecular weight excluding hydrogens is 284 g/mol. The maximum atomic E-state index is 12.5. The Balaban J connectivity index is 1.66. The van der Waals surface area contributed by atoms with Crippen LogP contribution in [0.15, 0.2) is 18.2 Å². The third-order valence-corrected chi connectivity index (χ3v) is 5.28. The van der Waals surface area contributed by atoms with Crippen molar-refractivity contribution in [2.45, 2.75) is 37.5 Å². The lowest BCUT2D eigenvalue weighted by atomic mass is 10.1. The molecule has 1 aromatic carbocycles. The molecule has 1 saturated carbocycles. The molecule has 0 bridgehead atoms. The van der Waals surface area contributed by atoms with Crippen LogP contribution in [0.5, 0.6) is 5.75 Å². The molecule has 21 heavy (non-hydrogen) atoms. The Morgan fingerprint density at radius 3 is 3.24 bits per heavy atom. The van der Waals surface area contributed by atoms with E-state index in [0.717, 1.165) is 30.8 Å². The number of hydrogen-bond acceptors (Lipinski definition) is 4. The minimum atomic E-state index is -0.0114. The number of rotatable bonds is 4. The first-order valence-electron chi connectivity index (χ1n) is 7.70. The van der Waals surface area contributed by atoms with Crippen molar-refractivity contribution in [3.63, 3.8) is 0 Å². The Bertz CT molecular complexity index is 521. The van der Waals surface area contributed by atoms with Crippen molar-refractivity contribution in [3.8, 4) is 5.75 Å². The van der Waals surface area contributed by atoms with Crippen LogP contribution in [0.2, 0.25) is 0 Å². The minimum absolute atomic E-state index is 0.0114. The molecule has 2 N–H and O–H groups in total. The largest absolute Gasteiger partial charge is 0.489 e. The van der Waals surface area contributed by atoms with Gasteiger partial charge in [-0.05, 0) is 37.1 Å². The second kappa shape index (κ2) is 6.60. The van der Waals surface area contributed by atoms with Gasteiger partial charge in [-0.25, -0.2) is 0 Å². The highest BCUT2D eigenvalue weighted by atomic mass is 32.2. The third-order valence-electron chi connectivity index (χ3n) is 4.05. The molecule has 3 rings (SSSR count). The van der Waals surface area contributed by atoms with E-state index in [1.165, 1.54) is 6.42 Å². The van der Waals surface area contributed by atoms with Gasteiger partial charge in [0.05, 0.1) is 11.3 Å². The molecule has 1 fully saturated rings. The molecule has 0 saturated heterocycles. The summed E-state index contributed by atoms with van der Waals surface area (Å²) in [6.45, 7) is 3.59. The molecular formula is C16H22N2O2S. The lowest BCUT2D eigenvalue weighted by molar-refractivity contribution is 0.0934. The Morgan fingerprint density at radius 2 is 2.38 bits per heavy atom. The molecule has 1 heterocycles. The van der Waals surface area contributed by atoms with E-state index >= 15 is 0 Å². The maximum absolute atomic E-state index is 12.5. The standard InChI is InChI=1S/C16H22N2O2S/c1-2-21-12-7-6-11(10-12)18-16(19)13-4-3-5-14-15(13)20-9-8-17-14/h3-5,11-12,17H,2,6-10H2,1H3,(H,18,19). The van der Waals surface area contributed by atoms with Crippen molar-refractivity contribution >= 4 is 23.4 Å². The molecule has 2 unspecified atom stereocenters. The molecule has 1 aliphatic heterocycles. The van der Waals surface area contributed by atoms with E-state index in [1.807, 2.05) is 30.0 Å². The highest BCUT2D eigenvalue weighted by Crippen LogP contribution is 2.33.